The highest BCUT2D eigenvalue weighted by Crippen LogP contribution is 2.34. The Hall–Kier alpha value is -1.97. The first-order valence-electron chi connectivity index (χ1n) is 8.28. The Morgan fingerprint density at radius 1 is 1.32 bits per heavy atom. The number of imidazole rings is 1. The highest BCUT2D eigenvalue weighted by atomic mass is 16.1. The van der Waals surface area contributed by atoms with Crippen LogP contribution in [0.25, 0.3) is 11.2 Å². The van der Waals surface area contributed by atoms with Crippen molar-refractivity contribution in [3.63, 3.8) is 0 Å². The van der Waals surface area contributed by atoms with E-state index in [9.17, 15) is 4.79 Å². The van der Waals surface area contributed by atoms with Gasteiger partial charge in [-0.1, -0.05) is 25.3 Å². The second-order valence-corrected chi connectivity index (χ2v) is 6.59. The SMILES string of the molecule is CC(=O)CC1=CCc2ncc3nc(C4CCCCC4)cn3c21. The molecule has 2 aromatic rings. The number of fused-ring (bicyclic) bond motifs is 3. The van der Waals surface area contributed by atoms with E-state index in [1.54, 1.807) is 6.92 Å². The van der Waals surface area contributed by atoms with Crippen LogP contribution in [0.5, 0.6) is 0 Å². The molecule has 0 N–H and O–H groups in total. The van der Waals surface area contributed by atoms with Gasteiger partial charge in [-0.25, -0.2) is 4.98 Å². The number of rotatable bonds is 3. The van der Waals surface area contributed by atoms with Gasteiger partial charge in [0.15, 0.2) is 5.65 Å². The van der Waals surface area contributed by atoms with Crippen molar-refractivity contribution < 1.29 is 4.79 Å². The molecule has 4 nitrogen and oxygen atoms in total. The molecule has 114 valence electrons. The van der Waals surface area contributed by atoms with Gasteiger partial charge in [0.25, 0.3) is 0 Å². The zero-order valence-electron chi connectivity index (χ0n) is 13.0. The summed E-state index contributed by atoms with van der Waals surface area (Å²) in [6.07, 6.45) is 14.0. The van der Waals surface area contributed by atoms with E-state index in [0.29, 0.717) is 12.3 Å². The number of hydrogen-bond acceptors (Lipinski definition) is 3. The van der Waals surface area contributed by atoms with Crippen LogP contribution in [0, 0.1) is 0 Å². The van der Waals surface area contributed by atoms with Gasteiger partial charge in [-0.05, 0) is 25.3 Å². The van der Waals surface area contributed by atoms with Gasteiger partial charge in [-0.3, -0.25) is 14.2 Å². The van der Waals surface area contributed by atoms with Gasteiger partial charge in [-0.15, -0.1) is 0 Å². The highest BCUT2D eigenvalue weighted by molar-refractivity contribution is 5.89. The fourth-order valence-electron chi connectivity index (χ4n) is 3.84. The minimum atomic E-state index is 0.198. The summed E-state index contributed by atoms with van der Waals surface area (Å²) in [7, 11) is 0. The standard InChI is InChI=1S/C18H21N3O/c1-12(22)9-14-7-8-15-18(14)21-11-16(20-17(21)10-19-15)13-5-3-2-4-6-13/h7,10-11,13H,2-6,8-9H2,1H3. The van der Waals surface area contributed by atoms with Crippen LogP contribution in [-0.2, 0) is 11.2 Å². The van der Waals surface area contributed by atoms with E-state index in [1.807, 2.05) is 6.20 Å². The molecule has 2 aromatic heterocycles. The summed E-state index contributed by atoms with van der Waals surface area (Å²) in [4.78, 5) is 20.9. The van der Waals surface area contributed by atoms with Crippen LogP contribution in [0.1, 0.15) is 68.4 Å². The van der Waals surface area contributed by atoms with Gasteiger partial charge in [0.2, 0.25) is 0 Å². The number of allylic oxidation sites excluding steroid dienone is 2. The predicted octanol–water partition coefficient (Wildman–Crippen LogP) is 3.70. The first kappa shape index (κ1) is 13.7. The molecule has 0 spiro atoms. The van der Waals surface area contributed by atoms with Gasteiger partial charge >= 0.3 is 0 Å². The third kappa shape index (κ3) is 2.27. The molecule has 1 fully saturated rings. The van der Waals surface area contributed by atoms with Crippen molar-refractivity contribution in [2.45, 2.75) is 57.8 Å². The average molecular weight is 295 g/mol. The van der Waals surface area contributed by atoms with Crippen LogP contribution < -0.4 is 0 Å². The van der Waals surface area contributed by atoms with Gasteiger partial charge in [0.05, 0.1) is 23.3 Å². The number of aromatic nitrogens is 3. The van der Waals surface area contributed by atoms with Crippen molar-refractivity contribution in [1.29, 1.82) is 0 Å². The van der Waals surface area contributed by atoms with Gasteiger partial charge in [0.1, 0.15) is 5.78 Å². The lowest BCUT2D eigenvalue weighted by Crippen LogP contribution is -2.04. The second-order valence-electron chi connectivity index (χ2n) is 6.59. The zero-order valence-corrected chi connectivity index (χ0v) is 13.0. The molecule has 0 saturated heterocycles. The average Bonchev–Trinajstić information content (AvgIpc) is 3.11. The maximum absolute atomic E-state index is 11.5. The van der Waals surface area contributed by atoms with Crippen LogP contribution in [0.3, 0.4) is 0 Å². The van der Waals surface area contributed by atoms with Crippen LogP contribution in [0.2, 0.25) is 0 Å². The summed E-state index contributed by atoms with van der Waals surface area (Å²) >= 11 is 0. The fraction of sp³-hybridized carbons (Fsp3) is 0.500. The minimum Gasteiger partial charge on any atom is -0.300 e. The van der Waals surface area contributed by atoms with Gasteiger partial charge < -0.3 is 0 Å². The van der Waals surface area contributed by atoms with E-state index >= 15 is 0 Å². The Kier molecular flexibility index (Phi) is 3.32. The zero-order chi connectivity index (χ0) is 15.1. The number of nitrogens with zero attached hydrogens (tertiary/aromatic N) is 3. The summed E-state index contributed by atoms with van der Waals surface area (Å²) < 4.78 is 2.16. The first-order chi connectivity index (χ1) is 10.7. The molecule has 4 rings (SSSR count). The molecule has 0 unspecified atom stereocenters. The molecular weight excluding hydrogens is 274 g/mol. The predicted molar refractivity (Wildman–Crippen MR) is 85.8 cm³/mol. The van der Waals surface area contributed by atoms with E-state index < -0.39 is 0 Å². The number of carbonyl (C=O) groups excluding carboxylic acids is 1. The third-order valence-corrected chi connectivity index (χ3v) is 4.91. The molecule has 22 heavy (non-hydrogen) atoms. The minimum absolute atomic E-state index is 0.198. The topological polar surface area (TPSA) is 47.3 Å². The summed E-state index contributed by atoms with van der Waals surface area (Å²) in [6, 6.07) is 0. The molecule has 2 aliphatic carbocycles. The Bertz CT molecular complexity index is 766. The summed E-state index contributed by atoms with van der Waals surface area (Å²) in [5.41, 5.74) is 5.38. The molecule has 2 aliphatic rings. The van der Waals surface area contributed by atoms with Crippen molar-refractivity contribution in [2.24, 2.45) is 0 Å². The number of ketones is 1. The number of hydrogen-bond donors (Lipinski definition) is 0. The van der Waals surface area contributed by atoms with E-state index in [-0.39, 0.29) is 5.78 Å². The highest BCUT2D eigenvalue weighted by Gasteiger charge is 2.23. The Balaban J connectivity index is 1.77. The van der Waals surface area contributed by atoms with Gasteiger partial charge in [-0.2, -0.15) is 0 Å². The summed E-state index contributed by atoms with van der Waals surface area (Å²) in [5.74, 6) is 0.787. The van der Waals surface area contributed by atoms with E-state index in [0.717, 1.165) is 29.0 Å². The van der Waals surface area contributed by atoms with E-state index in [1.165, 1.54) is 37.8 Å². The second kappa shape index (κ2) is 5.34. The van der Waals surface area contributed by atoms with Crippen molar-refractivity contribution >= 4 is 17.0 Å². The van der Waals surface area contributed by atoms with E-state index in [2.05, 4.69) is 21.7 Å². The van der Waals surface area contributed by atoms with E-state index in [4.69, 9.17) is 4.98 Å². The molecule has 0 amide bonds. The molecule has 1 saturated carbocycles. The van der Waals surface area contributed by atoms with Crippen LogP contribution in [0.4, 0.5) is 0 Å². The monoisotopic (exact) mass is 295 g/mol. The maximum Gasteiger partial charge on any atom is 0.156 e. The van der Waals surface area contributed by atoms with Gasteiger partial charge in [0, 0.05) is 25.0 Å². The third-order valence-electron chi connectivity index (χ3n) is 4.91. The quantitative estimate of drug-likeness (QED) is 0.867. The lowest BCUT2D eigenvalue weighted by molar-refractivity contribution is -0.116. The van der Waals surface area contributed by atoms with Crippen molar-refractivity contribution in [1.82, 2.24) is 14.4 Å². The first-order valence-corrected chi connectivity index (χ1v) is 8.28. The van der Waals surface area contributed by atoms with Crippen molar-refractivity contribution in [3.05, 3.63) is 35.6 Å². The van der Waals surface area contributed by atoms with Crippen LogP contribution in [0.15, 0.2) is 18.5 Å². The smallest absolute Gasteiger partial charge is 0.156 e. The van der Waals surface area contributed by atoms with Crippen molar-refractivity contribution in [3.8, 4) is 0 Å². The fourth-order valence-corrected chi connectivity index (χ4v) is 3.84. The summed E-state index contributed by atoms with van der Waals surface area (Å²) in [5, 5.41) is 0. The molecule has 2 heterocycles. The maximum atomic E-state index is 11.5. The Labute approximate surface area is 130 Å². The molecule has 0 radical (unpaired) electrons. The normalized spacial score (nSPS) is 18.5. The summed E-state index contributed by atoms with van der Waals surface area (Å²) in [6.45, 7) is 1.65. The van der Waals surface area contributed by atoms with Crippen molar-refractivity contribution in [2.75, 3.05) is 0 Å². The number of carbonyl (C=O) groups is 1. The number of Topliss-reactive ketones (excluding diaryl/α,β-unsaturated/α-hetero) is 1. The molecule has 0 atom stereocenters. The van der Waals surface area contributed by atoms with Crippen LogP contribution >= 0.6 is 0 Å². The molecule has 0 aliphatic heterocycles. The molecule has 0 aromatic carbocycles. The lowest BCUT2D eigenvalue weighted by Gasteiger charge is -2.19. The molecular formula is C18H21N3O. The Morgan fingerprint density at radius 3 is 2.91 bits per heavy atom. The largest absolute Gasteiger partial charge is 0.300 e. The molecule has 0 bridgehead atoms. The molecule has 4 heteroatoms. The van der Waals surface area contributed by atoms with Crippen LogP contribution in [-0.4, -0.2) is 20.2 Å². The Morgan fingerprint density at radius 2 is 2.14 bits per heavy atom. The lowest BCUT2D eigenvalue weighted by atomic mass is 9.87.